The minimum Gasteiger partial charge on any atom is -0.453 e. The van der Waals surface area contributed by atoms with Gasteiger partial charge >= 0.3 is 0 Å². The van der Waals surface area contributed by atoms with E-state index in [2.05, 4.69) is 15.9 Å². The van der Waals surface area contributed by atoms with Crippen molar-refractivity contribution in [1.82, 2.24) is 0 Å². The van der Waals surface area contributed by atoms with Gasteiger partial charge in [0, 0.05) is 5.39 Å². The van der Waals surface area contributed by atoms with Crippen LogP contribution in [0.4, 0.5) is 0 Å². The summed E-state index contributed by atoms with van der Waals surface area (Å²) in [6, 6.07) is 13.9. The Bertz CT molecular complexity index is 660. The highest BCUT2D eigenvalue weighted by Gasteiger charge is 2.11. The van der Waals surface area contributed by atoms with Gasteiger partial charge in [-0.15, -0.1) is 0 Å². The molecule has 84 valence electrons. The monoisotopic (exact) mass is 288 g/mol. The highest BCUT2D eigenvalue weighted by atomic mass is 79.9. The molecule has 0 bridgehead atoms. The molecule has 0 aliphatic rings. The fourth-order valence-electron chi connectivity index (χ4n) is 1.93. The molecule has 0 amide bonds. The van der Waals surface area contributed by atoms with Crippen LogP contribution in [-0.4, -0.2) is 11.1 Å². The third kappa shape index (κ3) is 1.76. The molecule has 0 N–H and O–H groups in total. The van der Waals surface area contributed by atoms with Crippen LogP contribution in [0.15, 0.2) is 46.9 Å². The van der Waals surface area contributed by atoms with Crippen LogP contribution in [0.5, 0.6) is 0 Å². The third-order valence-electron chi connectivity index (χ3n) is 2.78. The number of fused-ring (bicyclic) bond motifs is 2. The van der Waals surface area contributed by atoms with Crippen molar-refractivity contribution in [3.8, 4) is 0 Å². The SMILES string of the molecule is O=C(CBr)c1cc2cc3ccccc3cc2o1. The molecule has 2 aromatic carbocycles. The van der Waals surface area contributed by atoms with Gasteiger partial charge in [-0.3, -0.25) is 4.79 Å². The summed E-state index contributed by atoms with van der Waals surface area (Å²) in [6.45, 7) is 0. The summed E-state index contributed by atoms with van der Waals surface area (Å²) in [6.07, 6.45) is 0. The second-order valence-corrected chi connectivity index (χ2v) is 4.47. The van der Waals surface area contributed by atoms with Gasteiger partial charge in [0.2, 0.25) is 5.78 Å². The van der Waals surface area contributed by atoms with Gasteiger partial charge < -0.3 is 4.42 Å². The lowest BCUT2D eigenvalue weighted by molar-refractivity contribution is 0.0995. The van der Waals surface area contributed by atoms with Crippen molar-refractivity contribution in [2.45, 2.75) is 0 Å². The molecule has 0 spiro atoms. The van der Waals surface area contributed by atoms with E-state index in [-0.39, 0.29) is 11.1 Å². The third-order valence-corrected chi connectivity index (χ3v) is 3.29. The Labute approximate surface area is 106 Å². The Morgan fingerprint density at radius 2 is 1.76 bits per heavy atom. The van der Waals surface area contributed by atoms with Gasteiger partial charge in [-0.25, -0.2) is 0 Å². The molecule has 0 fully saturated rings. The summed E-state index contributed by atoms with van der Waals surface area (Å²) in [5, 5.41) is 3.52. The minimum atomic E-state index is -0.0368. The van der Waals surface area contributed by atoms with Crippen LogP contribution in [0, 0.1) is 0 Å². The molecule has 17 heavy (non-hydrogen) atoms. The van der Waals surface area contributed by atoms with Crippen LogP contribution in [0.3, 0.4) is 0 Å². The molecule has 3 rings (SSSR count). The minimum absolute atomic E-state index is 0.0368. The van der Waals surface area contributed by atoms with Crippen LogP contribution in [0.25, 0.3) is 21.7 Å². The zero-order valence-corrected chi connectivity index (χ0v) is 10.5. The largest absolute Gasteiger partial charge is 0.453 e. The molecule has 0 saturated carbocycles. The maximum Gasteiger partial charge on any atom is 0.208 e. The maximum absolute atomic E-state index is 11.5. The molecule has 3 aromatic rings. The van der Waals surface area contributed by atoms with Crippen LogP contribution in [0.1, 0.15) is 10.6 Å². The molecule has 0 unspecified atom stereocenters. The van der Waals surface area contributed by atoms with E-state index in [1.54, 1.807) is 6.07 Å². The molecule has 3 heteroatoms. The van der Waals surface area contributed by atoms with Crippen molar-refractivity contribution < 1.29 is 9.21 Å². The smallest absolute Gasteiger partial charge is 0.208 e. The Hall–Kier alpha value is -1.61. The highest BCUT2D eigenvalue weighted by molar-refractivity contribution is 9.09. The summed E-state index contributed by atoms with van der Waals surface area (Å²) in [5.41, 5.74) is 0.757. The Balaban J connectivity index is 2.28. The summed E-state index contributed by atoms with van der Waals surface area (Å²) < 4.78 is 5.55. The predicted molar refractivity (Wildman–Crippen MR) is 71.8 cm³/mol. The lowest BCUT2D eigenvalue weighted by Crippen LogP contribution is -1.96. The van der Waals surface area contributed by atoms with Crippen LogP contribution in [-0.2, 0) is 0 Å². The van der Waals surface area contributed by atoms with Crippen molar-refractivity contribution in [3.05, 3.63) is 48.2 Å². The number of ketones is 1. The summed E-state index contributed by atoms with van der Waals surface area (Å²) >= 11 is 3.14. The second kappa shape index (κ2) is 4.00. The first-order chi connectivity index (χ1) is 8.28. The molecule has 0 atom stereocenters. The first-order valence-corrected chi connectivity index (χ1v) is 6.41. The number of hydrogen-bond donors (Lipinski definition) is 0. The van der Waals surface area contributed by atoms with Gasteiger partial charge in [0.25, 0.3) is 0 Å². The van der Waals surface area contributed by atoms with E-state index in [0.717, 1.165) is 21.7 Å². The lowest BCUT2D eigenvalue weighted by Gasteiger charge is -1.95. The number of furan rings is 1. The van der Waals surface area contributed by atoms with Crippen molar-refractivity contribution >= 4 is 43.5 Å². The normalized spacial score (nSPS) is 11.1. The van der Waals surface area contributed by atoms with E-state index in [4.69, 9.17) is 4.42 Å². The summed E-state index contributed by atoms with van der Waals surface area (Å²) in [4.78, 5) is 11.5. The van der Waals surface area contributed by atoms with Crippen LogP contribution >= 0.6 is 15.9 Å². The van der Waals surface area contributed by atoms with Gasteiger partial charge in [0.15, 0.2) is 5.76 Å². The molecular weight excluding hydrogens is 280 g/mol. The van der Waals surface area contributed by atoms with Gasteiger partial charge in [-0.2, -0.15) is 0 Å². The summed E-state index contributed by atoms with van der Waals surface area (Å²) in [5.74, 6) is 0.373. The first kappa shape index (κ1) is 10.5. The van der Waals surface area contributed by atoms with E-state index in [1.807, 2.05) is 36.4 Å². The van der Waals surface area contributed by atoms with E-state index >= 15 is 0 Å². The molecule has 0 aliphatic heterocycles. The van der Waals surface area contributed by atoms with E-state index in [1.165, 1.54) is 0 Å². The number of alkyl halides is 1. The quantitative estimate of drug-likeness (QED) is 0.523. The molecular formula is C14H9BrO2. The van der Waals surface area contributed by atoms with Gasteiger partial charge in [0.05, 0.1) is 5.33 Å². The molecule has 1 aromatic heterocycles. The number of carbonyl (C=O) groups is 1. The van der Waals surface area contributed by atoms with Gasteiger partial charge in [-0.05, 0) is 29.0 Å². The number of carbonyl (C=O) groups excluding carboxylic acids is 1. The van der Waals surface area contributed by atoms with Gasteiger partial charge in [0.1, 0.15) is 5.58 Å². The molecule has 2 nitrogen and oxygen atoms in total. The van der Waals surface area contributed by atoms with E-state index < -0.39 is 0 Å². The number of Topliss-reactive ketones (excluding diaryl/α,β-unsaturated/α-hetero) is 1. The van der Waals surface area contributed by atoms with Crippen molar-refractivity contribution in [2.24, 2.45) is 0 Å². The van der Waals surface area contributed by atoms with Crippen molar-refractivity contribution in [2.75, 3.05) is 5.33 Å². The Kier molecular flexibility index (Phi) is 2.48. The number of rotatable bonds is 2. The molecule has 1 heterocycles. The maximum atomic E-state index is 11.5. The molecule has 0 radical (unpaired) electrons. The Morgan fingerprint density at radius 1 is 1.06 bits per heavy atom. The zero-order chi connectivity index (χ0) is 11.8. The zero-order valence-electron chi connectivity index (χ0n) is 8.94. The highest BCUT2D eigenvalue weighted by Crippen LogP contribution is 2.26. The lowest BCUT2D eigenvalue weighted by atomic mass is 10.1. The van der Waals surface area contributed by atoms with Gasteiger partial charge in [-0.1, -0.05) is 40.2 Å². The second-order valence-electron chi connectivity index (χ2n) is 3.90. The standard InChI is InChI=1S/C14H9BrO2/c15-8-12(16)14-7-11-5-9-3-1-2-4-10(9)6-13(11)17-14/h1-7H,8H2. The summed E-state index contributed by atoms with van der Waals surface area (Å²) in [7, 11) is 0. The first-order valence-electron chi connectivity index (χ1n) is 5.29. The van der Waals surface area contributed by atoms with Crippen LogP contribution < -0.4 is 0 Å². The van der Waals surface area contributed by atoms with Crippen molar-refractivity contribution in [3.63, 3.8) is 0 Å². The number of hydrogen-bond acceptors (Lipinski definition) is 2. The topological polar surface area (TPSA) is 30.2 Å². The number of benzene rings is 2. The fraction of sp³-hybridized carbons (Fsp3) is 0.0714. The van der Waals surface area contributed by atoms with E-state index in [9.17, 15) is 4.79 Å². The number of halogens is 1. The molecule has 0 saturated heterocycles. The predicted octanol–water partition coefficient (Wildman–Crippen LogP) is 4.16. The van der Waals surface area contributed by atoms with E-state index in [0.29, 0.717) is 5.76 Å². The Morgan fingerprint density at radius 3 is 2.47 bits per heavy atom. The average Bonchev–Trinajstić information content (AvgIpc) is 2.77. The van der Waals surface area contributed by atoms with Crippen LogP contribution in [0.2, 0.25) is 0 Å². The van der Waals surface area contributed by atoms with Crippen molar-refractivity contribution in [1.29, 1.82) is 0 Å². The fourth-order valence-corrected chi connectivity index (χ4v) is 2.21. The average molecular weight is 289 g/mol. The molecule has 0 aliphatic carbocycles.